The standard InChI is InChI=1S/C26H34N4O3/c1-33-18-20-9-13-29(14-10-20)25(32)21-17-30-22(27-21)5-4-6-23(30)28-24(31)16-26(11-2-3-12-26)15-19-7-8-19/h2-6,17,19-20H,7-16,18H2,1H3,(H,28,31). The maximum absolute atomic E-state index is 13.1. The number of anilines is 1. The Morgan fingerprint density at radius 2 is 1.88 bits per heavy atom. The van der Waals surface area contributed by atoms with Gasteiger partial charge >= 0.3 is 0 Å². The largest absolute Gasteiger partial charge is 0.384 e. The average molecular weight is 451 g/mol. The van der Waals surface area contributed by atoms with Crippen molar-refractivity contribution in [1.29, 1.82) is 0 Å². The van der Waals surface area contributed by atoms with E-state index in [0.29, 0.717) is 29.5 Å². The van der Waals surface area contributed by atoms with Crippen LogP contribution >= 0.6 is 0 Å². The van der Waals surface area contributed by atoms with Gasteiger partial charge in [0.05, 0.1) is 0 Å². The SMILES string of the molecule is COCC1CCN(C(=O)c2cn3c(NC(=O)CC4(CC5CC5)CC=CC4)cccc3n2)CC1. The van der Waals surface area contributed by atoms with Crippen molar-refractivity contribution >= 4 is 23.3 Å². The number of allylic oxidation sites excluding steroid dienone is 2. The molecule has 0 bridgehead atoms. The fourth-order valence-corrected chi connectivity index (χ4v) is 5.51. The average Bonchev–Trinajstić information content (AvgIpc) is 3.31. The lowest BCUT2D eigenvalue weighted by atomic mass is 9.77. The van der Waals surface area contributed by atoms with Gasteiger partial charge in [0, 0.05) is 39.4 Å². The highest BCUT2D eigenvalue weighted by Crippen LogP contribution is 2.48. The minimum Gasteiger partial charge on any atom is -0.384 e. The topological polar surface area (TPSA) is 75.9 Å². The molecule has 7 nitrogen and oxygen atoms in total. The first kappa shape index (κ1) is 22.1. The molecule has 0 aromatic carbocycles. The van der Waals surface area contributed by atoms with Gasteiger partial charge in [0.25, 0.3) is 5.91 Å². The van der Waals surface area contributed by atoms with Gasteiger partial charge in [-0.1, -0.05) is 31.1 Å². The number of ether oxygens (including phenoxy) is 1. The first-order valence-corrected chi connectivity index (χ1v) is 12.3. The normalized spacial score (nSPS) is 20.5. The summed E-state index contributed by atoms with van der Waals surface area (Å²) in [7, 11) is 1.72. The van der Waals surface area contributed by atoms with E-state index >= 15 is 0 Å². The van der Waals surface area contributed by atoms with Crippen LogP contribution in [0.15, 0.2) is 36.5 Å². The fourth-order valence-electron chi connectivity index (χ4n) is 5.51. The van der Waals surface area contributed by atoms with Gasteiger partial charge in [0.1, 0.15) is 17.2 Å². The predicted molar refractivity (Wildman–Crippen MR) is 127 cm³/mol. The van der Waals surface area contributed by atoms with E-state index in [2.05, 4.69) is 22.5 Å². The highest BCUT2D eigenvalue weighted by molar-refractivity contribution is 5.94. The smallest absolute Gasteiger partial charge is 0.274 e. The number of fused-ring (bicyclic) bond motifs is 1. The zero-order valence-corrected chi connectivity index (χ0v) is 19.5. The molecule has 2 aliphatic carbocycles. The number of imidazole rings is 1. The second-order valence-electron chi connectivity index (χ2n) is 10.2. The van der Waals surface area contributed by atoms with Crippen molar-refractivity contribution in [2.45, 2.75) is 51.4 Å². The molecule has 33 heavy (non-hydrogen) atoms. The summed E-state index contributed by atoms with van der Waals surface area (Å²) in [6.07, 6.45) is 14.4. The summed E-state index contributed by atoms with van der Waals surface area (Å²) in [6.45, 7) is 2.19. The summed E-state index contributed by atoms with van der Waals surface area (Å²) < 4.78 is 7.08. The van der Waals surface area contributed by atoms with Crippen LogP contribution in [0.25, 0.3) is 5.65 Å². The number of carbonyl (C=O) groups excluding carboxylic acids is 2. The molecule has 0 spiro atoms. The number of hydrogen-bond acceptors (Lipinski definition) is 4. The minimum atomic E-state index is -0.0488. The maximum Gasteiger partial charge on any atom is 0.274 e. The quantitative estimate of drug-likeness (QED) is 0.609. The monoisotopic (exact) mass is 450 g/mol. The first-order chi connectivity index (χ1) is 16.0. The number of carbonyl (C=O) groups is 2. The Labute approximate surface area is 195 Å². The molecule has 3 aliphatic rings. The molecule has 1 aliphatic heterocycles. The number of aromatic nitrogens is 2. The van der Waals surface area contributed by atoms with Gasteiger partial charge in [-0.3, -0.25) is 14.0 Å². The molecular formula is C26H34N4O3. The highest BCUT2D eigenvalue weighted by atomic mass is 16.5. The van der Waals surface area contributed by atoms with Gasteiger partial charge in [-0.15, -0.1) is 0 Å². The summed E-state index contributed by atoms with van der Waals surface area (Å²) in [5.41, 5.74) is 1.16. The second kappa shape index (κ2) is 9.29. The van der Waals surface area contributed by atoms with Crippen molar-refractivity contribution in [3.8, 4) is 0 Å². The van der Waals surface area contributed by atoms with Gasteiger partial charge < -0.3 is 15.0 Å². The highest BCUT2D eigenvalue weighted by Gasteiger charge is 2.39. The Hall–Kier alpha value is -2.67. The van der Waals surface area contributed by atoms with Crippen molar-refractivity contribution in [2.24, 2.45) is 17.3 Å². The third-order valence-electron chi connectivity index (χ3n) is 7.51. The summed E-state index contributed by atoms with van der Waals surface area (Å²) in [5, 5.41) is 3.10. The number of nitrogens with one attached hydrogen (secondary N) is 1. The Balaban J connectivity index is 1.27. The van der Waals surface area contributed by atoms with Crippen molar-refractivity contribution < 1.29 is 14.3 Å². The van der Waals surface area contributed by atoms with Crippen LogP contribution < -0.4 is 5.32 Å². The lowest BCUT2D eigenvalue weighted by Crippen LogP contribution is -2.39. The number of nitrogens with zero attached hydrogens (tertiary/aromatic N) is 3. The number of pyridine rings is 1. The van der Waals surface area contributed by atoms with Gasteiger partial charge in [-0.2, -0.15) is 0 Å². The number of hydrogen-bond donors (Lipinski definition) is 1. The number of amides is 2. The Kier molecular flexibility index (Phi) is 6.23. The molecule has 2 amide bonds. The molecule has 5 rings (SSSR count). The van der Waals surface area contributed by atoms with Gasteiger partial charge in [-0.25, -0.2) is 4.98 Å². The van der Waals surface area contributed by atoms with Crippen LogP contribution in [-0.2, 0) is 9.53 Å². The van der Waals surface area contributed by atoms with Crippen LogP contribution in [0.2, 0.25) is 0 Å². The molecule has 0 atom stereocenters. The molecule has 0 radical (unpaired) electrons. The molecule has 2 fully saturated rings. The van der Waals surface area contributed by atoms with E-state index < -0.39 is 0 Å². The van der Waals surface area contributed by atoms with Crippen LogP contribution in [0.5, 0.6) is 0 Å². The van der Waals surface area contributed by atoms with E-state index in [4.69, 9.17) is 4.74 Å². The molecular weight excluding hydrogens is 416 g/mol. The van der Waals surface area contributed by atoms with E-state index in [-0.39, 0.29) is 17.2 Å². The third kappa shape index (κ3) is 4.98. The van der Waals surface area contributed by atoms with Gasteiger partial charge in [0.2, 0.25) is 5.91 Å². The molecule has 1 N–H and O–H groups in total. The van der Waals surface area contributed by atoms with Crippen molar-refractivity contribution in [3.63, 3.8) is 0 Å². The fraction of sp³-hybridized carbons (Fsp3) is 0.577. The van der Waals surface area contributed by atoms with Crippen LogP contribution in [0.3, 0.4) is 0 Å². The van der Waals surface area contributed by atoms with Gasteiger partial charge in [0.15, 0.2) is 0 Å². The van der Waals surface area contributed by atoms with E-state index in [1.807, 2.05) is 27.5 Å². The number of methoxy groups -OCH3 is 1. The summed E-state index contributed by atoms with van der Waals surface area (Å²) in [4.78, 5) is 32.5. The summed E-state index contributed by atoms with van der Waals surface area (Å²) >= 11 is 0. The van der Waals surface area contributed by atoms with Gasteiger partial charge in [-0.05, 0) is 61.5 Å². The van der Waals surface area contributed by atoms with Crippen LogP contribution in [0, 0.1) is 17.3 Å². The molecule has 1 saturated carbocycles. The number of likely N-dealkylation sites (tertiary alicyclic amines) is 1. The number of rotatable bonds is 8. The van der Waals surface area contributed by atoms with Crippen molar-refractivity contribution in [1.82, 2.24) is 14.3 Å². The molecule has 2 aromatic rings. The van der Waals surface area contributed by atoms with E-state index in [1.54, 1.807) is 13.3 Å². The maximum atomic E-state index is 13.1. The zero-order chi connectivity index (χ0) is 22.8. The molecule has 2 aromatic heterocycles. The van der Waals surface area contributed by atoms with Crippen molar-refractivity contribution in [2.75, 3.05) is 32.1 Å². The van der Waals surface area contributed by atoms with E-state index in [9.17, 15) is 9.59 Å². The first-order valence-electron chi connectivity index (χ1n) is 12.3. The zero-order valence-electron chi connectivity index (χ0n) is 19.5. The number of piperidine rings is 1. The molecule has 7 heteroatoms. The Bertz CT molecular complexity index is 1040. The minimum absolute atomic E-state index is 0.0358. The van der Waals surface area contributed by atoms with Crippen molar-refractivity contribution in [3.05, 3.63) is 42.2 Å². The van der Waals surface area contributed by atoms with E-state index in [0.717, 1.165) is 57.7 Å². The molecule has 176 valence electrons. The lowest BCUT2D eigenvalue weighted by Gasteiger charge is -2.31. The second-order valence-corrected chi connectivity index (χ2v) is 10.2. The Morgan fingerprint density at radius 3 is 2.58 bits per heavy atom. The third-order valence-corrected chi connectivity index (χ3v) is 7.51. The molecule has 3 heterocycles. The Morgan fingerprint density at radius 1 is 1.12 bits per heavy atom. The summed E-state index contributed by atoms with van der Waals surface area (Å²) in [6, 6.07) is 5.61. The summed E-state index contributed by atoms with van der Waals surface area (Å²) in [5.74, 6) is 1.96. The van der Waals surface area contributed by atoms with Crippen LogP contribution in [0.4, 0.5) is 5.82 Å². The lowest BCUT2D eigenvalue weighted by molar-refractivity contribution is -0.118. The van der Waals surface area contributed by atoms with Crippen LogP contribution in [-0.4, -0.2) is 52.9 Å². The molecule has 1 saturated heterocycles. The van der Waals surface area contributed by atoms with Crippen LogP contribution in [0.1, 0.15) is 61.9 Å². The predicted octanol–water partition coefficient (Wildman–Crippen LogP) is 4.30. The van der Waals surface area contributed by atoms with E-state index in [1.165, 1.54) is 12.8 Å². The molecule has 0 unspecified atom stereocenters.